The Kier molecular flexibility index (Phi) is 6.53. The van der Waals surface area contributed by atoms with Gasteiger partial charge in [0.2, 0.25) is 23.6 Å². The van der Waals surface area contributed by atoms with Crippen LogP contribution in [0.15, 0.2) is 30.5 Å². The number of H-pyrrole nitrogens is 1. The zero-order valence-corrected chi connectivity index (χ0v) is 15.2. The fourth-order valence-corrected chi connectivity index (χ4v) is 2.63. The Morgan fingerprint density at radius 2 is 1.85 bits per heavy atom. The van der Waals surface area contributed by atoms with Gasteiger partial charge in [-0.25, -0.2) is 0 Å². The Morgan fingerprint density at radius 1 is 1.15 bits per heavy atom. The summed E-state index contributed by atoms with van der Waals surface area (Å²) in [5, 5.41) is 8.38. The zero-order valence-electron chi connectivity index (χ0n) is 15.2. The van der Waals surface area contributed by atoms with E-state index in [4.69, 9.17) is 5.73 Å². The highest BCUT2D eigenvalue weighted by molar-refractivity contribution is 5.92. The van der Waals surface area contributed by atoms with Gasteiger partial charge in [0.05, 0.1) is 6.54 Å². The molecule has 2 unspecified atom stereocenters. The Morgan fingerprint density at radius 3 is 2.52 bits per heavy atom. The summed E-state index contributed by atoms with van der Waals surface area (Å²) >= 11 is 0. The minimum absolute atomic E-state index is 0.259. The summed E-state index contributed by atoms with van der Waals surface area (Å²) < 4.78 is 0. The second-order valence-corrected chi connectivity index (χ2v) is 6.23. The standard InChI is InChI=1S/C18H23N5O4/c1-10(17(19)26)22-16(25)9-21-18(27)15(23-11(2)24)7-12-8-20-14-6-4-3-5-13(12)14/h3-6,8,10,15,20H,7,9H2,1-2H3,(H2,19,26)(H,21,27)(H,22,25)(H,23,24). The van der Waals surface area contributed by atoms with Crippen LogP contribution < -0.4 is 21.7 Å². The second kappa shape index (κ2) is 8.84. The largest absolute Gasteiger partial charge is 0.368 e. The van der Waals surface area contributed by atoms with E-state index >= 15 is 0 Å². The van der Waals surface area contributed by atoms with Crippen molar-refractivity contribution in [2.45, 2.75) is 32.4 Å². The molecule has 1 aromatic heterocycles. The molecule has 27 heavy (non-hydrogen) atoms. The number of hydrogen-bond donors (Lipinski definition) is 5. The topological polar surface area (TPSA) is 146 Å². The van der Waals surface area contributed by atoms with Gasteiger partial charge in [-0.05, 0) is 18.6 Å². The van der Waals surface area contributed by atoms with Crippen LogP contribution in [-0.4, -0.2) is 47.2 Å². The lowest BCUT2D eigenvalue weighted by Crippen LogP contribution is -2.51. The molecule has 6 N–H and O–H groups in total. The van der Waals surface area contributed by atoms with Crippen LogP contribution in [0.4, 0.5) is 0 Å². The molecule has 2 aromatic rings. The minimum atomic E-state index is -0.844. The monoisotopic (exact) mass is 373 g/mol. The molecule has 0 aliphatic rings. The van der Waals surface area contributed by atoms with Crippen LogP contribution in [0.25, 0.3) is 10.9 Å². The molecule has 0 aliphatic carbocycles. The number of carbonyl (C=O) groups excluding carboxylic acids is 4. The molecule has 9 nitrogen and oxygen atoms in total. The zero-order chi connectivity index (χ0) is 20.0. The number of carbonyl (C=O) groups is 4. The molecule has 0 radical (unpaired) electrons. The van der Waals surface area contributed by atoms with Crippen molar-refractivity contribution in [2.24, 2.45) is 5.73 Å². The first-order valence-corrected chi connectivity index (χ1v) is 8.46. The van der Waals surface area contributed by atoms with Crippen LogP contribution in [0.5, 0.6) is 0 Å². The molecule has 2 atom stereocenters. The predicted molar refractivity (Wildman–Crippen MR) is 99.4 cm³/mol. The Bertz CT molecular complexity index is 860. The molecule has 1 heterocycles. The number of primary amides is 1. The van der Waals surface area contributed by atoms with Gasteiger partial charge >= 0.3 is 0 Å². The van der Waals surface area contributed by atoms with Crippen molar-refractivity contribution in [1.29, 1.82) is 0 Å². The molecule has 0 aliphatic heterocycles. The first kappa shape index (κ1) is 20.0. The van der Waals surface area contributed by atoms with Crippen molar-refractivity contribution >= 4 is 34.5 Å². The van der Waals surface area contributed by atoms with Crippen molar-refractivity contribution < 1.29 is 19.2 Å². The highest BCUT2D eigenvalue weighted by Crippen LogP contribution is 2.19. The van der Waals surface area contributed by atoms with Crippen molar-refractivity contribution in [2.75, 3.05) is 6.54 Å². The maximum Gasteiger partial charge on any atom is 0.243 e. The van der Waals surface area contributed by atoms with E-state index in [1.807, 2.05) is 24.3 Å². The fraction of sp³-hybridized carbons (Fsp3) is 0.333. The Labute approximate surface area is 156 Å². The molecule has 144 valence electrons. The molecular formula is C18H23N5O4. The van der Waals surface area contributed by atoms with Gasteiger partial charge in [-0.1, -0.05) is 18.2 Å². The molecular weight excluding hydrogens is 350 g/mol. The third kappa shape index (κ3) is 5.56. The second-order valence-electron chi connectivity index (χ2n) is 6.23. The lowest BCUT2D eigenvalue weighted by atomic mass is 10.0. The van der Waals surface area contributed by atoms with Gasteiger partial charge in [0.1, 0.15) is 12.1 Å². The van der Waals surface area contributed by atoms with E-state index < -0.39 is 29.8 Å². The molecule has 0 saturated carbocycles. The summed E-state index contributed by atoms with van der Waals surface area (Å²) in [5.74, 6) is -2.09. The summed E-state index contributed by atoms with van der Waals surface area (Å²) in [6.07, 6.45) is 2.04. The van der Waals surface area contributed by atoms with Crippen molar-refractivity contribution in [3.63, 3.8) is 0 Å². The summed E-state index contributed by atoms with van der Waals surface area (Å²) in [4.78, 5) is 49.8. The molecule has 0 bridgehead atoms. The third-order valence-corrected chi connectivity index (χ3v) is 4.02. The lowest BCUT2D eigenvalue weighted by Gasteiger charge is -2.18. The summed E-state index contributed by atoms with van der Waals surface area (Å²) in [6, 6.07) is 5.93. The number of aromatic nitrogens is 1. The highest BCUT2D eigenvalue weighted by Gasteiger charge is 2.22. The smallest absolute Gasteiger partial charge is 0.243 e. The molecule has 0 fully saturated rings. The number of para-hydroxylation sites is 1. The van der Waals surface area contributed by atoms with Gasteiger partial charge in [-0.15, -0.1) is 0 Å². The molecule has 9 heteroatoms. The average molecular weight is 373 g/mol. The van der Waals surface area contributed by atoms with Crippen LogP contribution in [0, 0.1) is 0 Å². The molecule has 1 aromatic carbocycles. The summed E-state index contributed by atoms with van der Waals surface area (Å²) in [6.45, 7) is 2.43. The van der Waals surface area contributed by atoms with Crippen LogP contribution in [0.1, 0.15) is 19.4 Å². The number of nitrogens with two attached hydrogens (primary N) is 1. The number of nitrogens with one attached hydrogen (secondary N) is 4. The number of fused-ring (bicyclic) bond motifs is 1. The predicted octanol–water partition coefficient (Wildman–Crippen LogP) is -0.679. The number of benzene rings is 1. The molecule has 0 spiro atoms. The van der Waals surface area contributed by atoms with Crippen molar-refractivity contribution in [3.05, 3.63) is 36.0 Å². The van der Waals surface area contributed by atoms with Gasteiger partial charge in [-0.2, -0.15) is 0 Å². The van der Waals surface area contributed by atoms with E-state index in [9.17, 15) is 19.2 Å². The number of rotatable bonds is 8. The van der Waals surface area contributed by atoms with Crippen LogP contribution in [-0.2, 0) is 25.6 Å². The number of hydrogen-bond acceptors (Lipinski definition) is 4. The first-order chi connectivity index (χ1) is 12.8. The maximum absolute atomic E-state index is 12.5. The highest BCUT2D eigenvalue weighted by atomic mass is 16.2. The van der Waals surface area contributed by atoms with Gasteiger partial charge < -0.3 is 26.7 Å². The fourth-order valence-electron chi connectivity index (χ4n) is 2.63. The normalized spacial score (nSPS) is 12.8. The molecule has 0 saturated heterocycles. The van der Waals surface area contributed by atoms with Crippen LogP contribution in [0.3, 0.4) is 0 Å². The van der Waals surface area contributed by atoms with Crippen LogP contribution >= 0.6 is 0 Å². The number of aromatic amines is 1. The van der Waals surface area contributed by atoms with E-state index in [0.29, 0.717) is 0 Å². The summed E-state index contributed by atoms with van der Waals surface area (Å²) in [5.41, 5.74) is 6.87. The average Bonchev–Trinajstić information content (AvgIpc) is 3.01. The van der Waals surface area contributed by atoms with Gasteiger partial charge in [-0.3, -0.25) is 19.2 Å². The van der Waals surface area contributed by atoms with Crippen molar-refractivity contribution in [1.82, 2.24) is 20.9 Å². The van der Waals surface area contributed by atoms with E-state index in [2.05, 4.69) is 20.9 Å². The van der Waals surface area contributed by atoms with Gasteiger partial charge in [0.25, 0.3) is 0 Å². The van der Waals surface area contributed by atoms with E-state index in [1.165, 1.54) is 13.8 Å². The van der Waals surface area contributed by atoms with E-state index in [-0.39, 0.29) is 18.9 Å². The Hall–Kier alpha value is -3.36. The molecule has 4 amide bonds. The SMILES string of the molecule is CC(=O)NC(Cc1c[nH]c2ccccc12)C(=O)NCC(=O)NC(C)C(N)=O. The van der Waals surface area contributed by atoms with Gasteiger partial charge in [0.15, 0.2) is 0 Å². The number of amides is 4. The third-order valence-electron chi connectivity index (χ3n) is 4.02. The van der Waals surface area contributed by atoms with E-state index in [0.717, 1.165) is 16.5 Å². The Balaban J connectivity index is 2.02. The lowest BCUT2D eigenvalue weighted by molar-refractivity contribution is -0.130. The van der Waals surface area contributed by atoms with E-state index in [1.54, 1.807) is 6.20 Å². The van der Waals surface area contributed by atoms with Crippen molar-refractivity contribution in [3.8, 4) is 0 Å². The molecule has 2 rings (SSSR count). The maximum atomic E-state index is 12.5. The summed E-state index contributed by atoms with van der Waals surface area (Å²) in [7, 11) is 0. The van der Waals surface area contributed by atoms with Gasteiger partial charge in [0, 0.05) is 30.4 Å². The van der Waals surface area contributed by atoms with Crippen LogP contribution in [0.2, 0.25) is 0 Å². The quantitative estimate of drug-likeness (QED) is 0.417. The first-order valence-electron chi connectivity index (χ1n) is 8.46. The minimum Gasteiger partial charge on any atom is -0.368 e.